The molecule has 1 amide bonds. The summed E-state index contributed by atoms with van der Waals surface area (Å²) in [6.07, 6.45) is 3.04. The van der Waals surface area contributed by atoms with Gasteiger partial charge in [-0.3, -0.25) is 4.79 Å². The van der Waals surface area contributed by atoms with Gasteiger partial charge in [0.1, 0.15) is 5.82 Å². The summed E-state index contributed by atoms with van der Waals surface area (Å²) < 4.78 is 17.9. The van der Waals surface area contributed by atoms with Crippen molar-refractivity contribution >= 4 is 11.6 Å². The van der Waals surface area contributed by atoms with Crippen LogP contribution in [-0.2, 0) is 6.54 Å². The second-order valence-electron chi connectivity index (χ2n) is 3.59. The summed E-state index contributed by atoms with van der Waals surface area (Å²) in [6, 6.07) is 5.46. The number of nitrogens with two attached hydrogens (primary N) is 1. The van der Waals surface area contributed by atoms with Crippen molar-refractivity contribution in [3.8, 4) is 0 Å². The molecule has 1 aromatic heterocycles. The van der Waals surface area contributed by atoms with Gasteiger partial charge in [0, 0.05) is 23.4 Å². The molecule has 5 heteroatoms. The molecule has 1 aromatic carbocycles. The number of rotatable bonds is 3. The number of hydrogen-bond donors (Lipinski definition) is 2. The van der Waals surface area contributed by atoms with Crippen LogP contribution in [0.4, 0.5) is 10.1 Å². The lowest BCUT2D eigenvalue weighted by Gasteiger charge is -2.04. The van der Waals surface area contributed by atoms with Gasteiger partial charge < -0.3 is 15.5 Å². The minimum atomic E-state index is -0.529. The fourth-order valence-electron chi connectivity index (χ4n) is 1.42. The topological polar surface area (TPSA) is 68.3 Å². The molecule has 0 spiro atoms. The molecule has 1 heterocycles. The van der Waals surface area contributed by atoms with E-state index < -0.39 is 5.82 Å². The molecule has 0 aliphatic rings. The molecule has 0 saturated heterocycles. The van der Waals surface area contributed by atoms with E-state index in [0.717, 1.165) is 17.7 Å². The first kappa shape index (κ1) is 11.2. The van der Waals surface area contributed by atoms with Gasteiger partial charge in [-0.15, -0.1) is 0 Å². The Bertz CT molecular complexity index is 503. The van der Waals surface area contributed by atoms with Gasteiger partial charge in [-0.2, -0.15) is 0 Å². The molecule has 2 rings (SSSR count). The Labute approximate surface area is 97.2 Å². The highest BCUT2D eigenvalue weighted by molar-refractivity contribution is 5.94. The van der Waals surface area contributed by atoms with Crippen LogP contribution >= 0.6 is 0 Å². The summed E-state index contributed by atoms with van der Waals surface area (Å²) >= 11 is 0. The Morgan fingerprint density at radius 1 is 1.41 bits per heavy atom. The molecule has 0 saturated carbocycles. The lowest BCUT2D eigenvalue weighted by molar-refractivity contribution is 0.0950. The van der Waals surface area contributed by atoms with Gasteiger partial charge in [-0.05, 0) is 24.3 Å². The van der Waals surface area contributed by atoms with Crippen molar-refractivity contribution < 1.29 is 13.6 Å². The van der Waals surface area contributed by atoms with E-state index in [0.29, 0.717) is 6.54 Å². The van der Waals surface area contributed by atoms with Crippen LogP contribution in [0.5, 0.6) is 0 Å². The van der Waals surface area contributed by atoms with Crippen LogP contribution in [-0.4, -0.2) is 5.91 Å². The Morgan fingerprint density at radius 3 is 2.88 bits per heavy atom. The van der Waals surface area contributed by atoms with Gasteiger partial charge in [0.05, 0.1) is 12.5 Å². The van der Waals surface area contributed by atoms with Crippen molar-refractivity contribution in [2.45, 2.75) is 6.54 Å². The Kier molecular flexibility index (Phi) is 3.09. The molecule has 0 aliphatic heterocycles. The van der Waals surface area contributed by atoms with E-state index in [1.807, 2.05) is 0 Å². The molecule has 0 fully saturated rings. The van der Waals surface area contributed by atoms with Crippen LogP contribution in [0.1, 0.15) is 15.9 Å². The normalized spacial score (nSPS) is 10.2. The molecular formula is C12H11FN2O2. The third kappa shape index (κ3) is 2.84. The summed E-state index contributed by atoms with van der Waals surface area (Å²) in [6.45, 7) is 0.325. The Hall–Kier alpha value is -2.30. The number of benzene rings is 1. The van der Waals surface area contributed by atoms with Crippen LogP contribution in [0, 0.1) is 5.82 Å². The average Bonchev–Trinajstić information content (AvgIpc) is 2.77. The smallest absolute Gasteiger partial charge is 0.251 e. The first-order chi connectivity index (χ1) is 8.15. The van der Waals surface area contributed by atoms with Crippen LogP contribution in [0.3, 0.4) is 0 Å². The zero-order valence-corrected chi connectivity index (χ0v) is 8.94. The van der Waals surface area contributed by atoms with E-state index in [4.69, 9.17) is 10.2 Å². The maximum absolute atomic E-state index is 13.0. The summed E-state index contributed by atoms with van der Waals surface area (Å²) in [5.41, 5.74) is 6.71. The first-order valence-electron chi connectivity index (χ1n) is 5.00. The molecule has 3 N–H and O–H groups in total. The van der Waals surface area contributed by atoms with Gasteiger partial charge in [0.15, 0.2) is 0 Å². The third-order valence-corrected chi connectivity index (χ3v) is 2.22. The molecule has 0 radical (unpaired) electrons. The molecule has 17 heavy (non-hydrogen) atoms. The Morgan fingerprint density at radius 2 is 2.24 bits per heavy atom. The second kappa shape index (κ2) is 4.69. The zero-order valence-electron chi connectivity index (χ0n) is 8.94. The number of amides is 1. The van der Waals surface area contributed by atoms with Gasteiger partial charge in [-0.1, -0.05) is 0 Å². The zero-order chi connectivity index (χ0) is 12.3. The van der Waals surface area contributed by atoms with Crippen LogP contribution in [0.2, 0.25) is 0 Å². The van der Waals surface area contributed by atoms with Crippen molar-refractivity contribution in [2.24, 2.45) is 0 Å². The highest BCUT2D eigenvalue weighted by Crippen LogP contribution is 2.11. The van der Waals surface area contributed by atoms with Crippen molar-refractivity contribution in [3.05, 3.63) is 53.7 Å². The van der Waals surface area contributed by atoms with Gasteiger partial charge in [-0.25, -0.2) is 4.39 Å². The number of carbonyl (C=O) groups is 1. The predicted molar refractivity (Wildman–Crippen MR) is 60.7 cm³/mol. The molecule has 88 valence electrons. The quantitative estimate of drug-likeness (QED) is 0.797. The van der Waals surface area contributed by atoms with Gasteiger partial charge in [0.2, 0.25) is 0 Å². The van der Waals surface area contributed by atoms with Crippen LogP contribution in [0.15, 0.2) is 41.2 Å². The summed E-state index contributed by atoms with van der Waals surface area (Å²) in [5.74, 6) is -0.907. The highest BCUT2D eigenvalue weighted by atomic mass is 19.1. The van der Waals surface area contributed by atoms with Crippen LogP contribution < -0.4 is 11.1 Å². The fraction of sp³-hybridized carbons (Fsp3) is 0.0833. The number of nitrogens with one attached hydrogen (secondary N) is 1. The molecule has 0 aliphatic carbocycles. The van der Waals surface area contributed by atoms with E-state index in [1.54, 1.807) is 6.07 Å². The number of hydrogen-bond acceptors (Lipinski definition) is 3. The Balaban J connectivity index is 2.04. The highest BCUT2D eigenvalue weighted by Gasteiger charge is 2.08. The van der Waals surface area contributed by atoms with E-state index in [2.05, 4.69) is 5.32 Å². The van der Waals surface area contributed by atoms with Gasteiger partial charge >= 0.3 is 0 Å². The number of nitrogen functional groups attached to an aromatic ring is 1. The summed E-state index contributed by atoms with van der Waals surface area (Å²) in [5, 5.41) is 2.63. The third-order valence-electron chi connectivity index (χ3n) is 2.22. The van der Waals surface area contributed by atoms with E-state index in [-0.39, 0.29) is 17.2 Å². The molecule has 2 aromatic rings. The first-order valence-corrected chi connectivity index (χ1v) is 5.00. The van der Waals surface area contributed by atoms with Gasteiger partial charge in [0.25, 0.3) is 5.91 Å². The SMILES string of the molecule is Nc1cc(F)cc(C(=O)NCc2ccoc2)c1. The summed E-state index contributed by atoms with van der Waals surface area (Å²) in [4.78, 5) is 11.7. The van der Waals surface area contributed by atoms with Crippen LogP contribution in [0.25, 0.3) is 0 Å². The predicted octanol–water partition coefficient (Wildman–Crippen LogP) is 1.93. The minimum Gasteiger partial charge on any atom is -0.472 e. The van der Waals surface area contributed by atoms with Crippen molar-refractivity contribution in [3.63, 3.8) is 0 Å². The monoisotopic (exact) mass is 234 g/mol. The number of anilines is 1. The van der Waals surface area contributed by atoms with Crippen molar-refractivity contribution in [1.29, 1.82) is 0 Å². The molecule has 0 unspecified atom stereocenters. The molecular weight excluding hydrogens is 223 g/mol. The van der Waals surface area contributed by atoms with Crippen molar-refractivity contribution in [1.82, 2.24) is 5.32 Å². The summed E-state index contributed by atoms with van der Waals surface area (Å²) in [7, 11) is 0. The van der Waals surface area contributed by atoms with Crippen molar-refractivity contribution in [2.75, 3.05) is 5.73 Å². The number of carbonyl (C=O) groups excluding carboxylic acids is 1. The average molecular weight is 234 g/mol. The number of halogens is 1. The second-order valence-corrected chi connectivity index (χ2v) is 3.59. The van der Waals surface area contributed by atoms with E-state index in [1.165, 1.54) is 18.6 Å². The largest absolute Gasteiger partial charge is 0.472 e. The molecule has 0 bridgehead atoms. The standard InChI is InChI=1S/C12H11FN2O2/c13-10-3-9(4-11(14)5-10)12(16)15-6-8-1-2-17-7-8/h1-5,7H,6,14H2,(H,15,16). The molecule has 0 atom stereocenters. The number of furan rings is 1. The lowest BCUT2D eigenvalue weighted by Crippen LogP contribution is -2.22. The minimum absolute atomic E-state index is 0.200. The molecule has 4 nitrogen and oxygen atoms in total. The van der Waals surface area contributed by atoms with E-state index in [9.17, 15) is 9.18 Å². The maximum atomic E-state index is 13.0. The maximum Gasteiger partial charge on any atom is 0.251 e. The fourth-order valence-corrected chi connectivity index (χ4v) is 1.42. The van der Waals surface area contributed by atoms with E-state index >= 15 is 0 Å². The lowest BCUT2D eigenvalue weighted by atomic mass is 10.2.